The summed E-state index contributed by atoms with van der Waals surface area (Å²) in [5, 5.41) is 2.60. The molecule has 0 aliphatic rings. The SMILES string of the molecule is Cn1c(=O)c2[nH]c(NC(=O)C(C)(C)C)nc2n(C)c1=O. The van der Waals surface area contributed by atoms with Crippen molar-refractivity contribution in [3.05, 3.63) is 20.8 Å². The highest BCUT2D eigenvalue weighted by atomic mass is 16.2. The molecule has 0 saturated heterocycles. The van der Waals surface area contributed by atoms with Gasteiger partial charge in [-0.25, -0.2) is 4.79 Å². The first kappa shape index (κ1) is 14.0. The summed E-state index contributed by atoms with van der Waals surface area (Å²) in [6, 6.07) is 0. The fourth-order valence-corrected chi connectivity index (χ4v) is 1.68. The second-order valence-corrected chi connectivity index (χ2v) is 5.69. The minimum Gasteiger partial charge on any atom is -0.318 e. The molecule has 0 bridgehead atoms. The van der Waals surface area contributed by atoms with E-state index in [9.17, 15) is 14.4 Å². The van der Waals surface area contributed by atoms with Crippen LogP contribution in [0.15, 0.2) is 9.59 Å². The zero-order valence-corrected chi connectivity index (χ0v) is 12.1. The summed E-state index contributed by atoms with van der Waals surface area (Å²) >= 11 is 0. The van der Waals surface area contributed by atoms with Gasteiger partial charge >= 0.3 is 5.69 Å². The number of nitrogens with one attached hydrogen (secondary N) is 2. The lowest BCUT2D eigenvalue weighted by Gasteiger charge is -2.15. The number of fused-ring (bicyclic) bond motifs is 1. The van der Waals surface area contributed by atoms with Gasteiger partial charge in [-0.05, 0) is 0 Å². The molecule has 0 aliphatic carbocycles. The Balaban J connectivity index is 2.59. The summed E-state index contributed by atoms with van der Waals surface area (Å²) in [4.78, 5) is 42.5. The van der Waals surface area contributed by atoms with Crippen molar-refractivity contribution in [2.75, 3.05) is 5.32 Å². The van der Waals surface area contributed by atoms with Gasteiger partial charge in [0.2, 0.25) is 11.9 Å². The highest BCUT2D eigenvalue weighted by molar-refractivity contribution is 5.94. The number of rotatable bonds is 1. The fourth-order valence-electron chi connectivity index (χ4n) is 1.68. The highest BCUT2D eigenvalue weighted by Crippen LogP contribution is 2.16. The van der Waals surface area contributed by atoms with E-state index in [4.69, 9.17) is 0 Å². The number of amides is 1. The summed E-state index contributed by atoms with van der Waals surface area (Å²) in [5.41, 5.74) is -1.15. The summed E-state index contributed by atoms with van der Waals surface area (Å²) in [6.45, 7) is 5.29. The van der Waals surface area contributed by atoms with E-state index >= 15 is 0 Å². The first-order chi connectivity index (χ1) is 9.12. The van der Waals surface area contributed by atoms with Crippen molar-refractivity contribution in [1.29, 1.82) is 0 Å². The molecular formula is C12H17N5O3. The van der Waals surface area contributed by atoms with E-state index < -0.39 is 16.7 Å². The van der Waals surface area contributed by atoms with Gasteiger partial charge in [-0.15, -0.1) is 0 Å². The van der Waals surface area contributed by atoms with Crippen LogP contribution in [0, 0.1) is 5.41 Å². The van der Waals surface area contributed by atoms with Crippen LogP contribution in [-0.4, -0.2) is 25.0 Å². The van der Waals surface area contributed by atoms with Gasteiger partial charge in [0.05, 0.1) is 0 Å². The number of carbonyl (C=O) groups excluding carboxylic acids is 1. The van der Waals surface area contributed by atoms with Crippen LogP contribution in [0.3, 0.4) is 0 Å². The first-order valence-corrected chi connectivity index (χ1v) is 6.10. The van der Waals surface area contributed by atoms with Crippen molar-refractivity contribution < 1.29 is 4.79 Å². The van der Waals surface area contributed by atoms with Crippen LogP contribution in [0.2, 0.25) is 0 Å². The Morgan fingerprint density at radius 2 is 1.80 bits per heavy atom. The highest BCUT2D eigenvalue weighted by Gasteiger charge is 2.23. The lowest BCUT2D eigenvalue weighted by molar-refractivity contribution is -0.123. The molecule has 0 radical (unpaired) electrons. The molecule has 2 aromatic heterocycles. The van der Waals surface area contributed by atoms with E-state index in [0.29, 0.717) is 0 Å². The van der Waals surface area contributed by atoms with E-state index in [2.05, 4.69) is 15.3 Å². The van der Waals surface area contributed by atoms with Crippen LogP contribution in [-0.2, 0) is 18.9 Å². The van der Waals surface area contributed by atoms with Gasteiger partial charge in [-0.1, -0.05) is 20.8 Å². The molecule has 0 spiro atoms. The maximum atomic E-state index is 12.0. The topological polar surface area (TPSA) is 102 Å². The molecule has 1 amide bonds. The maximum Gasteiger partial charge on any atom is 0.332 e. The molecule has 108 valence electrons. The number of H-pyrrole nitrogens is 1. The van der Waals surface area contributed by atoms with Gasteiger partial charge in [0.1, 0.15) is 0 Å². The minimum atomic E-state index is -0.587. The number of nitrogens with zero attached hydrogens (tertiary/aromatic N) is 3. The summed E-state index contributed by atoms with van der Waals surface area (Å²) < 4.78 is 2.23. The van der Waals surface area contributed by atoms with E-state index in [0.717, 1.165) is 4.57 Å². The largest absolute Gasteiger partial charge is 0.332 e. The molecular weight excluding hydrogens is 262 g/mol. The zero-order valence-electron chi connectivity index (χ0n) is 12.1. The Hall–Kier alpha value is -2.38. The van der Waals surface area contributed by atoms with Gasteiger partial charge < -0.3 is 4.98 Å². The predicted molar refractivity (Wildman–Crippen MR) is 74.7 cm³/mol. The van der Waals surface area contributed by atoms with Crippen LogP contribution in [0.4, 0.5) is 5.95 Å². The Kier molecular flexibility index (Phi) is 3.04. The Morgan fingerprint density at radius 3 is 2.35 bits per heavy atom. The van der Waals surface area contributed by atoms with Crippen molar-refractivity contribution in [3.8, 4) is 0 Å². The third-order valence-electron chi connectivity index (χ3n) is 3.01. The van der Waals surface area contributed by atoms with Crippen molar-refractivity contribution in [2.45, 2.75) is 20.8 Å². The van der Waals surface area contributed by atoms with Crippen LogP contribution in [0.25, 0.3) is 11.2 Å². The van der Waals surface area contributed by atoms with Crippen LogP contribution in [0.5, 0.6) is 0 Å². The zero-order chi connectivity index (χ0) is 15.2. The maximum absolute atomic E-state index is 12.0. The van der Waals surface area contributed by atoms with Gasteiger partial charge in [-0.3, -0.25) is 24.0 Å². The lowest BCUT2D eigenvalue weighted by Crippen LogP contribution is -2.36. The molecule has 0 aromatic carbocycles. The van der Waals surface area contributed by atoms with E-state index in [1.807, 2.05) is 0 Å². The van der Waals surface area contributed by atoms with E-state index in [1.54, 1.807) is 20.8 Å². The van der Waals surface area contributed by atoms with Gasteiger partial charge in [0.25, 0.3) is 5.56 Å². The van der Waals surface area contributed by atoms with Crippen LogP contribution < -0.4 is 16.6 Å². The number of aromatic nitrogens is 4. The van der Waals surface area contributed by atoms with E-state index in [-0.39, 0.29) is 23.0 Å². The molecule has 0 unspecified atom stereocenters. The summed E-state index contributed by atoms with van der Waals surface area (Å²) in [6.07, 6.45) is 0. The number of aryl methyl sites for hydroxylation is 1. The third-order valence-corrected chi connectivity index (χ3v) is 3.01. The Morgan fingerprint density at radius 1 is 1.20 bits per heavy atom. The number of aromatic amines is 1. The molecule has 2 rings (SSSR count). The number of anilines is 1. The number of imidazole rings is 1. The molecule has 0 fully saturated rings. The number of hydrogen-bond acceptors (Lipinski definition) is 4. The Labute approximate surface area is 114 Å². The predicted octanol–water partition coefficient (Wildman–Crippen LogP) is -0.0551. The van der Waals surface area contributed by atoms with Gasteiger partial charge in [-0.2, -0.15) is 4.98 Å². The number of carbonyl (C=O) groups is 1. The van der Waals surface area contributed by atoms with E-state index in [1.165, 1.54) is 18.7 Å². The molecule has 0 saturated carbocycles. The third kappa shape index (κ3) is 2.13. The first-order valence-electron chi connectivity index (χ1n) is 6.10. The molecule has 2 N–H and O–H groups in total. The molecule has 2 aromatic rings. The van der Waals surface area contributed by atoms with Crippen LogP contribution in [0.1, 0.15) is 20.8 Å². The van der Waals surface area contributed by atoms with Gasteiger partial charge in [0.15, 0.2) is 11.2 Å². The summed E-state index contributed by atoms with van der Waals surface area (Å²) in [5.74, 6) is -0.0865. The molecule has 2 heterocycles. The van der Waals surface area contributed by atoms with Crippen molar-refractivity contribution >= 4 is 23.0 Å². The minimum absolute atomic E-state index is 0.151. The number of hydrogen-bond donors (Lipinski definition) is 2. The molecule has 20 heavy (non-hydrogen) atoms. The molecule has 0 atom stereocenters. The normalized spacial score (nSPS) is 11.8. The average Bonchev–Trinajstić information content (AvgIpc) is 2.76. The standard InChI is InChI=1S/C12H17N5O3/c1-12(2,3)9(19)15-10-13-6-7(14-10)16(4)11(20)17(5)8(6)18/h1-5H3,(H2,13,14,15,19). The van der Waals surface area contributed by atoms with Crippen LogP contribution >= 0.6 is 0 Å². The van der Waals surface area contributed by atoms with Crippen molar-refractivity contribution in [1.82, 2.24) is 19.1 Å². The summed E-state index contributed by atoms with van der Waals surface area (Å²) in [7, 11) is 2.90. The monoisotopic (exact) mass is 279 g/mol. The second-order valence-electron chi connectivity index (χ2n) is 5.69. The molecule has 8 nitrogen and oxygen atoms in total. The second kappa shape index (κ2) is 4.32. The van der Waals surface area contributed by atoms with Crippen molar-refractivity contribution in [3.63, 3.8) is 0 Å². The fraction of sp³-hybridized carbons (Fsp3) is 0.500. The Bertz CT molecular complexity index is 803. The van der Waals surface area contributed by atoms with Crippen molar-refractivity contribution in [2.24, 2.45) is 19.5 Å². The average molecular weight is 279 g/mol. The molecule has 8 heteroatoms. The van der Waals surface area contributed by atoms with Gasteiger partial charge in [0, 0.05) is 19.5 Å². The lowest BCUT2D eigenvalue weighted by atomic mass is 9.96. The molecule has 0 aliphatic heterocycles. The smallest absolute Gasteiger partial charge is 0.318 e. The quantitative estimate of drug-likeness (QED) is 0.763.